The largest absolute Gasteiger partial charge is 0.287 e. The van der Waals surface area contributed by atoms with E-state index in [9.17, 15) is 0 Å². The minimum Gasteiger partial charge on any atom is -0.287 e. The van der Waals surface area contributed by atoms with Crippen LogP contribution >= 0.6 is 0 Å². The molecule has 4 aliphatic rings. The average molecular weight is 356 g/mol. The number of hydrogen-bond donors (Lipinski definition) is 0. The summed E-state index contributed by atoms with van der Waals surface area (Å²) in [6.07, 6.45) is 4.92. The van der Waals surface area contributed by atoms with E-state index in [4.69, 9.17) is 15.0 Å². The summed E-state index contributed by atoms with van der Waals surface area (Å²) in [5, 5.41) is 0. The molecular formula is C23H37N3. The Kier molecular flexibility index (Phi) is 3.45. The monoisotopic (exact) mass is 355 g/mol. The van der Waals surface area contributed by atoms with Gasteiger partial charge in [-0.15, -0.1) is 0 Å². The van der Waals surface area contributed by atoms with Gasteiger partial charge in [0.05, 0.1) is 17.4 Å². The summed E-state index contributed by atoms with van der Waals surface area (Å²) < 4.78 is 0. The van der Waals surface area contributed by atoms with Gasteiger partial charge in [-0.1, -0.05) is 54.4 Å². The Balaban J connectivity index is 2.00. The molecule has 0 spiro atoms. The van der Waals surface area contributed by atoms with Crippen LogP contribution in [0.3, 0.4) is 0 Å². The third-order valence-electron chi connectivity index (χ3n) is 6.85. The Labute approximate surface area is 159 Å². The molecule has 0 aromatic carbocycles. The molecule has 0 unspecified atom stereocenters. The van der Waals surface area contributed by atoms with Crippen molar-refractivity contribution >= 4 is 17.1 Å². The first-order valence-electron chi connectivity index (χ1n) is 10.5. The van der Waals surface area contributed by atoms with Crippen LogP contribution in [0, 0.1) is 22.7 Å². The summed E-state index contributed by atoms with van der Waals surface area (Å²) >= 11 is 0. The highest BCUT2D eigenvalue weighted by atomic mass is 15.2. The van der Waals surface area contributed by atoms with Gasteiger partial charge in [0.25, 0.3) is 0 Å². The summed E-state index contributed by atoms with van der Waals surface area (Å²) in [6, 6.07) is 0. The minimum absolute atomic E-state index is 0.0365. The van der Waals surface area contributed by atoms with E-state index >= 15 is 0 Å². The van der Waals surface area contributed by atoms with E-state index in [0.29, 0.717) is 11.8 Å². The highest BCUT2D eigenvalue weighted by Crippen LogP contribution is 2.68. The number of aliphatic imine (C=N–C) groups is 3. The fourth-order valence-electron chi connectivity index (χ4n) is 6.11. The van der Waals surface area contributed by atoms with Crippen molar-refractivity contribution in [2.24, 2.45) is 37.6 Å². The molecule has 2 aliphatic heterocycles. The lowest BCUT2D eigenvalue weighted by molar-refractivity contribution is 0.191. The van der Waals surface area contributed by atoms with E-state index in [1.165, 1.54) is 42.8 Å². The fourth-order valence-corrected chi connectivity index (χ4v) is 6.11. The second-order valence-electron chi connectivity index (χ2n) is 12.1. The fraction of sp³-hybridized carbons (Fsp3) is 0.870. The van der Waals surface area contributed by atoms with Crippen molar-refractivity contribution in [1.82, 2.24) is 0 Å². The Morgan fingerprint density at radius 3 is 1.42 bits per heavy atom. The molecule has 26 heavy (non-hydrogen) atoms. The minimum atomic E-state index is -0.0532. The van der Waals surface area contributed by atoms with Gasteiger partial charge in [0.1, 0.15) is 11.1 Å². The van der Waals surface area contributed by atoms with Crippen molar-refractivity contribution in [1.29, 1.82) is 0 Å². The Bertz CT molecular complexity index is 681. The zero-order valence-electron chi connectivity index (χ0n) is 18.3. The first-order chi connectivity index (χ1) is 11.7. The van der Waals surface area contributed by atoms with Crippen molar-refractivity contribution in [2.75, 3.05) is 0 Å². The number of rotatable bonds is 0. The van der Waals surface area contributed by atoms with E-state index in [0.717, 1.165) is 0 Å². The predicted molar refractivity (Wildman–Crippen MR) is 112 cm³/mol. The van der Waals surface area contributed by atoms with Gasteiger partial charge in [-0.25, -0.2) is 0 Å². The smallest absolute Gasteiger partial charge is 0.100 e. The SMILES string of the molecule is CC(C)(C)N=C1[C@H]2C(C(C)(C)C)=N[C@@]34CCCC[C@@]23N=C(C(C)(C)C)[C@H]14. The van der Waals surface area contributed by atoms with Crippen LogP contribution in [0.15, 0.2) is 15.0 Å². The molecule has 0 aromatic heterocycles. The second kappa shape index (κ2) is 4.89. The van der Waals surface area contributed by atoms with E-state index < -0.39 is 0 Å². The van der Waals surface area contributed by atoms with Crippen molar-refractivity contribution in [3.8, 4) is 0 Å². The molecular weight excluding hydrogens is 318 g/mol. The van der Waals surface area contributed by atoms with Gasteiger partial charge in [-0.2, -0.15) is 0 Å². The van der Waals surface area contributed by atoms with Crippen LogP contribution in [-0.2, 0) is 0 Å². The molecule has 4 atom stereocenters. The molecule has 0 saturated heterocycles. The molecule has 4 rings (SSSR count). The van der Waals surface area contributed by atoms with Gasteiger partial charge in [0, 0.05) is 28.0 Å². The van der Waals surface area contributed by atoms with Crippen molar-refractivity contribution < 1.29 is 0 Å². The molecule has 2 aliphatic carbocycles. The molecule has 2 fully saturated rings. The maximum absolute atomic E-state index is 5.56. The van der Waals surface area contributed by atoms with E-state index in [2.05, 4.69) is 62.3 Å². The first kappa shape index (κ1) is 18.4. The zero-order chi connectivity index (χ0) is 19.3. The molecule has 0 aromatic rings. The summed E-state index contributed by atoms with van der Waals surface area (Å²) in [6.45, 7) is 20.6. The Morgan fingerprint density at radius 1 is 0.731 bits per heavy atom. The van der Waals surface area contributed by atoms with E-state index in [1.54, 1.807) is 0 Å². The molecule has 0 amide bonds. The average Bonchev–Trinajstić information content (AvgIpc) is 2.98. The van der Waals surface area contributed by atoms with Gasteiger partial charge in [0.15, 0.2) is 0 Å². The maximum Gasteiger partial charge on any atom is 0.100 e. The summed E-state index contributed by atoms with van der Waals surface area (Å²) in [5.74, 6) is 0.663. The normalized spacial score (nSPS) is 39.0. The quantitative estimate of drug-likeness (QED) is 0.548. The number of hydrogen-bond acceptors (Lipinski definition) is 3. The molecule has 144 valence electrons. The Hall–Kier alpha value is -0.990. The topological polar surface area (TPSA) is 37.1 Å². The molecule has 0 N–H and O–H groups in total. The molecule has 2 saturated carbocycles. The molecule has 3 heteroatoms. The molecule has 4 bridgehead atoms. The van der Waals surface area contributed by atoms with Gasteiger partial charge in [0.2, 0.25) is 0 Å². The van der Waals surface area contributed by atoms with E-state index in [-0.39, 0.29) is 27.4 Å². The van der Waals surface area contributed by atoms with Crippen molar-refractivity contribution in [3.05, 3.63) is 0 Å². The highest BCUT2D eigenvalue weighted by molar-refractivity contribution is 6.27. The van der Waals surface area contributed by atoms with Crippen LogP contribution in [0.2, 0.25) is 0 Å². The second-order valence-corrected chi connectivity index (χ2v) is 12.1. The molecule has 0 radical (unpaired) electrons. The van der Waals surface area contributed by atoms with Gasteiger partial charge in [-0.05, 0) is 33.6 Å². The van der Waals surface area contributed by atoms with Crippen LogP contribution < -0.4 is 0 Å². The van der Waals surface area contributed by atoms with Crippen LogP contribution in [0.5, 0.6) is 0 Å². The van der Waals surface area contributed by atoms with Crippen LogP contribution in [0.1, 0.15) is 88.0 Å². The van der Waals surface area contributed by atoms with Gasteiger partial charge >= 0.3 is 0 Å². The molecule has 3 nitrogen and oxygen atoms in total. The van der Waals surface area contributed by atoms with E-state index in [1.807, 2.05) is 0 Å². The summed E-state index contributed by atoms with van der Waals surface area (Å²) in [4.78, 5) is 16.5. The number of nitrogens with zero attached hydrogens (tertiary/aromatic N) is 3. The first-order valence-corrected chi connectivity index (χ1v) is 10.5. The van der Waals surface area contributed by atoms with Crippen LogP contribution in [0.4, 0.5) is 0 Å². The van der Waals surface area contributed by atoms with Crippen molar-refractivity contribution in [2.45, 2.75) is 105 Å². The third kappa shape index (κ3) is 2.15. The third-order valence-corrected chi connectivity index (χ3v) is 6.85. The standard InChI is InChI=1S/C23H37N3/c1-19(2,3)17-14-16(24-21(7,8)9)15-18(20(4,5)6)26-22(14)12-10-11-13-23(15,22)25-17/h14-15H,10-13H2,1-9H3/t14-,15-,22+,23+/m0/s1. The lowest BCUT2D eigenvalue weighted by Crippen LogP contribution is -2.49. The Morgan fingerprint density at radius 2 is 1.12 bits per heavy atom. The summed E-state index contributed by atoms with van der Waals surface area (Å²) in [5.41, 5.74) is 4.20. The summed E-state index contributed by atoms with van der Waals surface area (Å²) in [7, 11) is 0. The predicted octanol–water partition coefficient (Wildman–Crippen LogP) is 5.52. The van der Waals surface area contributed by atoms with Crippen molar-refractivity contribution in [3.63, 3.8) is 0 Å². The van der Waals surface area contributed by atoms with Crippen LogP contribution in [0.25, 0.3) is 0 Å². The lowest BCUT2D eigenvalue weighted by atomic mass is 9.66. The van der Waals surface area contributed by atoms with Gasteiger partial charge in [-0.3, -0.25) is 15.0 Å². The van der Waals surface area contributed by atoms with Gasteiger partial charge < -0.3 is 0 Å². The van der Waals surface area contributed by atoms with Crippen LogP contribution in [-0.4, -0.2) is 33.8 Å². The zero-order valence-corrected chi connectivity index (χ0v) is 18.3. The highest BCUT2D eigenvalue weighted by Gasteiger charge is 2.79. The maximum atomic E-state index is 5.56. The molecule has 2 heterocycles. The lowest BCUT2D eigenvalue weighted by Gasteiger charge is -2.40.